The molecule has 0 aliphatic heterocycles. The van der Waals surface area contributed by atoms with Crippen LogP contribution in [-0.2, 0) is 10.0 Å². The second-order valence-electron chi connectivity index (χ2n) is 5.07. The molecule has 7 heteroatoms. The van der Waals surface area contributed by atoms with E-state index in [9.17, 15) is 13.2 Å². The average Bonchev–Trinajstić information content (AvgIpc) is 3.01. The first-order valence-corrected chi connectivity index (χ1v) is 9.07. The van der Waals surface area contributed by atoms with Gasteiger partial charge in [-0.05, 0) is 49.6 Å². The zero-order chi connectivity index (χ0) is 16.3. The second-order valence-corrected chi connectivity index (χ2v) is 8.02. The maximum atomic E-state index is 12.3. The standard InChI is InChI=1S/C15H18N2O3S2/c1-11(2)17(3)22(19,20)13-8-6-12(7-9-13)16-15(18)14-5-4-10-21-14/h4-11H,1-3H3,(H,16,18). The van der Waals surface area contributed by atoms with Gasteiger partial charge in [0.2, 0.25) is 10.0 Å². The molecule has 0 aliphatic rings. The van der Waals surface area contributed by atoms with Gasteiger partial charge < -0.3 is 5.32 Å². The van der Waals surface area contributed by atoms with Crippen LogP contribution in [0.3, 0.4) is 0 Å². The molecule has 0 aliphatic carbocycles. The van der Waals surface area contributed by atoms with Gasteiger partial charge in [-0.2, -0.15) is 4.31 Å². The Morgan fingerprint density at radius 2 is 1.82 bits per heavy atom. The number of hydrogen-bond donors (Lipinski definition) is 1. The normalized spacial score (nSPS) is 11.9. The molecule has 0 unspecified atom stereocenters. The van der Waals surface area contributed by atoms with Crippen LogP contribution in [0.2, 0.25) is 0 Å². The highest BCUT2D eigenvalue weighted by Gasteiger charge is 2.22. The summed E-state index contributed by atoms with van der Waals surface area (Å²) in [6, 6.07) is 9.59. The minimum absolute atomic E-state index is 0.122. The van der Waals surface area contributed by atoms with Crippen molar-refractivity contribution in [2.75, 3.05) is 12.4 Å². The number of rotatable bonds is 5. The number of anilines is 1. The van der Waals surface area contributed by atoms with Crippen LogP contribution in [0.5, 0.6) is 0 Å². The van der Waals surface area contributed by atoms with E-state index in [1.54, 1.807) is 31.3 Å². The Morgan fingerprint density at radius 3 is 2.32 bits per heavy atom. The molecule has 1 aromatic carbocycles. The van der Waals surface area contributed by atoms with Gasteiger partial charge in [-0.15, -0.1) is 11.3 Å². The van der Waals surface area contributed by atoms with Crippen LogP contribution >= 0.6 is 11.3 Å². The molecule has 0 fully saturated rings. The fraction of sp³-hybridized carbons (Fsp3) is 0.267. The highest BCUT2D eigenvalue weighted by Crippen LogP contribution is 2.20. The lowest BCUT2D eigenvalue weighted by atomic mass is 10.3. The van der Waals surface area contributed by atoms with Crippen molar-refractivity contribution in [1.82, 2.24) is 4.31 Å². The summed E-state index contributed by atoms with van der Waals surface area (Å²) in [5.41, 5.74) is 0.560. The summed E-state index contributed by atoms with van der Waals surface area (Å²) in [5, 5.41) is 4.56. The number of sulfonamides is 1. The molecule has 2 aromatic rings. The van der Waals surface area contributed by atoms with Gasteiger partial charge >= 0.3 is 0 Å². The van der Waals surface area contributed by atoms with E-state index < -0.39 is 10.0 Å². The Kier molecular flexibility index (Phi) is 5.00. The molecule has 2 rings (SSSR count). The molecule has 1 heterocycles. The smallest absolute Gasteiger partial charge is 0.265 e. The highest BCUT2D eigenvalue weighted by molar-refractivity contribution is 7.89. The topological polar surface area (TPSA) is 66.5 Å². The summed E-state index contributed by atoms with van der Waals surface area (Å²) < 4.78 is 26.0. The average molecular weight is 338 g/mol. The molecule has 0 saturated carbocycles. The van der Waals surface area contributed by atoms with Crippen molar-refractivity contribution < 1.29 is 13.2 Å². The minimum Gasteiger partial charge on any atom is -0.321 e. The molecule has 1 amide bonds. The summed E-state index contributed by atoms with van der Waals surface area (Å²) in [7, 11) is -1.96. The summed E-state index contributed by atoms with van der Waals surface area (Å²) >= 11 is 1.35. The maximum absolute atomic E-state index is 12.3. The number of carbonyl (C=O) groups is 1. The van der Waals surface area contributed by atoms with Gasteiger partial charge in [0.15, 0.2) is 0 Å². The van der Waals surface area contributed by atoms with Crippen molar-refractivity contribution >= 4 is 33.0 Å². The van der Waals surface area contributed by atoms with Gasteiger partial charge in [-0.25, -0.2) is 8.42 Å². The molecule has 118 valence electrons. The molecule has 0 spiro atoms. The number of nitrogens with one attached hydrogen (secondary N) is 1. The monoisotopic (exact) mass is 338 g/mol. The molecule has 22 heavy (non-hydrogen) atoms. The lowest BCUT2D eigenvalue weighted by molar-refractivity contribution is 0.103. The van der Waals surface area contributed by atoms with E-state index in [1.165, 1.54) is 27.8 Å². The van der Waals surface area contributed by atoms with Crippen LogP contribution in [0.25, 0.3) is 0 Å². The first-order valence-electron chi connectivity index (χ1n) is 6.75. The number of hydrogen-bond acceptors (Lipinski definition) is 4. The second kappa shape index (κ2) is 6.60. The Bertz CT molecular complexity index is 736. The number of carbonyl (C=O) groups excluding carboxylic acids is 1. The zero-order valence-electron chi connectivity index (χ0n) is 12.6. The third-order valence-electron chi connectivity index (χ3n) is 3.26. The molecular weight excluding hydrogens is 320 g/mol. The van der Waals surface area contributed by atoms with Gasteiger partial charge in [0, 0.05) is 18.8 Å². The molecule has 0 saturated heterocycles. The summed E-state index contributed by atoms with van der Waals surface area (Å²) in [4.78, 5) is 12.7. The first-order chi connectivity index (χ1) is 10.3. The van der Waals surface area contributed by atoms with Crippen LogP contribution < -0.4 is 5.32 Å². The third-order valence-corrected chi connectivity index (χ3v) is 6.18. The predicted molar refractivity (Wildman–Crippen MR) is 88.8 cm³/mol. The Labute approximate surface area is 134 Å². The van der Waals surface area contributed by atoms with E-state index >= 15 is 0 Å². The van der Waals surface area contributed by atoms with Crippen LogP contribution in [0.4, 0.5) is 5.69 Å². The van der Waals surface area contributed by atoms with Crippen LogP contribution in [-0.4, -0.2) is 31.7 Å². The van der Waals surface area contributed by atoms with E-state index in [1.807, 2.05) is 19.2 Å². The molecule has 0 radical (unpaired) electrons. The molecule has 0 atom stereocenters. The van der Waals surface area contributed by atoms with Gasteiger partial charge in [-0.3, -0.25) is 4.79 Å². The van der Waals surface area contributed by atoms with Crippen molar-refractivity contribution in [3.8, 4) is 0 Å². The molecule has 1 N–H and O–H groups in total. The summed E-state index contributed by atoms with van der Waals surface area (Å²) in [6.45, 7) is 3.63. The van der Waals surface area contributed by atoms with E-state index in [0.717, 1.165) is 0 Å². The van der Waals surface area contributed by atoms with Gasteiger partial charge in [-0.1, -0.05) is 6.07 Å². The van der Waals surface area contributed by atoms with Crippen molar-refractivity contribution in [2.45, 2.75) is 24.8 Å². The number of thiophene rings is 1. The fourth-order valence-electron chi connectivity index (χ4n) is 1.75. The largest absolute Gasteiger partial charge is 0.321 e. The molecule has 5 nitrogen and oxygen atoms in total. The lowest BCUT2D eigenvalue weighted by Crippen LogP contribution is -2.33. The maximum Gasteiger partial charge on any atom is 0.265 e. The SMILES string of the molecule is CC(C)N(C)S(=O)(=O)c1ccc(NC(=O)c2cccs2)cc1. The number of benzene rings is 1. The number of nitrogens with zero attached hydrogens (tertiary/aromatic N) is 1. The van der Waals surface area contributed by atoms with Crippen molar-refractivity contribution in [2.24, 2.45) is 0 Å². The van der Waals surface area contributed by atoms with Crippen LogP contribution in [0, 0.1) is 0 Å². The number of amides is 1. The summed E-state index contributed by atoms with van der Waals surface area (Å²) in [5.74, 6) is -0.204. The van der Waals surface area contributed by atoms with E-state index in [2.05, 4.69) is 5.32 Å². The van der Waals surface area contributed by atoms with Gasteiger partial charge in [0.25, 0.3) is 5.91 Å². The fourth-order valence-corrected chi connectivity index (χ4v) is 3.74. The lowest BCUT2D eigenvalue weighted by Gasteiger charge is -2.21. The van der Waals surface area contributed by atoms with E-state index in [0.29, 0.717) is 10.6 Å². The zero-order valence-corrected chi connectivity index (χ0v) is 14.2. The van der Waals surface area contributed by atoms with Crippen LogP contribution in [0.15, 0.2) is 46.7 Å². The van der Waals surface area contributed by atoms with E-state index in [-0.39, 0.29) is 16.8 Å². The van der Waals surface area contributed by atoms with E-state index in [4.69, 9.17) is 0 Å². The Hall–Kier alpha value is -1.70. The first kappa shape index (κ1) is 16.7. The predicted octanol–water partition coefficient (Wildman–Crippen LogP) is 3.03. The van der Waals surface area contributed by atoms with Gasteiger partial charge in [0.05, 0.1) is 9.77 Å². The minimum atomic E-state index is -3.50. The van der Waals surface area contributed by atoms with Crippen molar-refractivity contribution in [3.05, 3.63) is 46.7 Å². The molecule has 0 bridgehead atoms. The Morgan fingerprint density at radius 1 is 1.18 bits per heavy atom. The molecular formula is C15H18N2O3S2. The van der Waals surface area contributed by atoms with Gasteiger partial charge in [0.1, 0.15) is 0 Å². The highest BCUT2D eigenvalue weighted by atomic mass is 32.2. The third kappa shape index (κ3) is 3.55. The Balaban J connectivity index is 2.16. The molecule has 1 aromatic heterocycles. The van der Waals surface area contributed by atoms with Crippen LogP contribution in [0.1, 0.15) is 23.5 Å². The van der Waals surface area contributed by atoms with Crippen molar-refractivity contribution in [1.29, 1.82) is 0 Å². The van der Waals surface area contributed by atoms with Crippen molar-refractivity contribution in [3.63, 3.8) is 0 Å². The quantitative estimate of drug-likeness (QED) is 0.911. The summed E-state index contributed by atoms with van der Waals surface area (Å²) in [6.07, 6.45) is 0.